The minimum atomic E-state index is -0.0886. The molecule has 29 heavy (non-hydrogen) atoms. The van der Waals surface area contributed by atoms with Crippen molar-refractivity contribution in [3.05, 3.63) is 87.9 Å². The molecule has 4 rings (SSSR count). The van der Waals surface area contributed by atoms with E-state index >= 15 is 0 Å². The molecule has 3 aromatic carbocycles. The maximum absolute atomic E-state index is 12.3. The molecule has 4 aromatic rings. The number of thioether (sulfide) groups is 1. The number of carbonyl (C=O) groups is 1. The SMILES string of the molecule is O=C(NCCSc1c(-c2ccc(Br)cc2)[nH]c2ccccc12)c1ccc(Cl)cc1. The third-order valence-corrected chi connectivity index (χ3v) is 6.43. The summed E-state index contributed by atoms with van der Waals surface area (Å²) in [5, 5.41) is 4.79. The molecule has 0 aliphatic heterocycles. The number of aromatic amines is 1. The molecule has 3 nitrogen and oxygen atoms in total. The van der Waals surface area contributed by atoms with Gasteiger partial charge in [0.2, 0.25) is 0 Å². The molecule has 0 spiro atoms. The van der Waals surface area contributed by atoms with Gasteiger partial charge in [0.15, 0.2) is 0 Å². The van der Waals surface area contributed by atoms with Crippen LogP contribution in [-0.4, -0.2) is 23.2 Å². The minimum Gasteiger partial charge on any atom is -0.354 e. The highest BCUT2D eigenvalue weighted by Crippen LogP contribution is 2.37. The Morgan fingerprint density at radius 2 is 1.72 bits per heavy atom. The van der Waals surface area contributed by atoms with Crippen LogP contribution in [0.3, 0.4) is 0 Å². The Morgan fingerprint density at radius 3 is 2.48 bits per heavy atom. The zero-order valence-electron chi connectivity index (χ0n) is 15.4. The average molecular weight is 486 g/mol. The Hall–Kier alpha value is -2.21. The Bertz CT molecular complexity index is 1140. The summed E-state index contributed by atoms with van der Waals surface area (Å²) in [6.45, 7) is 0.575. The molecule has 0 atom stereocenters. The van der Waals surface area contributed by atoms with Crippen LogP contribution in [0.15, 0.2) is 82.2 Å². The summed E-state index contributed by atoms with van der Waals surface area (Å²) >= 11 is 11.1. The highest BCUT2D eigenvalue weighted by molar-refractivity contribution is 9.10. The van der Waals surface area contributed by atoms with Crippen molar-refractivity contribution in [2.45, 2.75) is 4.90 Å². The van der Waals surface area contributed by atoms with E-state index in [4.69, 9.17) is 11.6 Å². The molecule has 0 aliphatic carbocycles. The molecule has 1 aromatic heterocycles. The van der Waals surface area contributed by atoms with Crippen LogP contribution in [0.5, 0.6) is 0 Å². The van der Waals surface area contributed by atoms with E-state index in [-0.39, 0.29) is 5.91 Å². The highest BCUT2D eigenvalue weighted by Gasteiger charge is 2.14. The first-order valence-electron chi connectivity index (χ1n) is 9.15. The summed E-state index contributed by atoms with van der Waals surface area (Å²) in [5.41, 5.74) is 3.96. The predicted octanol–water partition coefficient (Wildman–Crippen LogP) is 6.77. The number of rotatable bonds is 6. The molecule has 0 radical (unpaired) electrons. The second kappa shape index (κ2) is 9.08. The van der Waals surface area contributed by atoms with Crippen molar-refractivity contribution in [3.63, 3.8) is 0 Å². The van der Waals surface area contributed by atoms with Gasteiger partial charge in [0.1, 0.15) is 0 Å². The Labute approximate surface area is 187 Å². The van der Waals surface area contributed by atoms with Crippen molar-refractivity contribution < 1.29 is 4.79 Å². The molecule has 6 heteroatoms. The van der Waals surface area contributed by atoms with Crippen LogP contribution in [0.1, 0.15) is 10.4 Å². The zero-order valence-corrected chi connectivity index (χ0v) is 18.6. The fourth-order valence-corrected chi connectivity index (χ4v) is 4.55. The van der Waals surface area contributed by atoms with Crippen LogP contribution >= 0.6 is 39.3 Å². The molecule has 0 saturated heterocycles. The topological polar surface area (TPSA) is 44.9 Å². The summed E-state index contributed by atoms with van der Waals surface area (Å²) in [5.74, 6) is 0.680. The van der Waals surface area contributed by atoms with Crippen LogP contribution < -0.4 is 5.32 Å². The van der Waals surface area contributed by atoms with E-state index in [2.05, 4.69) is 50.5 Å². The molecular formula is C23H18BrClN2OS. The lowest BCUT2D eigenvalue weighted by atomic mass is 10.1. The molecule has 0 aliphatic rings. The van der Waals surface area contributed by atoms with Crippen LogP contribution in [0.25, 0.3) is 22.2 Å². The fourth-order valence-electron chi connectivity index (χ4n) is 3.11. The minimum absolute atomic E-state index is 0.0886. The second-order valence-corrected chi connectivity index (χ2v) is 8.95. The smallest absolute Gasteiger partial charge is 0.251 e. The first kappa shape index (κ1) is 20.1. The van der Waals surface area contributed by atoms with Crippen molar-refractivity contribution >= 4 is 56.1 Å². The third-order valence-electron chi connectivity index (χ3n) is 4.53. The molecule has 0 bridgehead atoms. The maximum atomic E-state index is 12.3. The van der Waals surface area contributed by atoms with Gasteiger partial charge in [-0.3, -0.25) is 4.79 Å². The normalized spacial score (nSPS) is 11.0. The van der Waals surface area contributed by atoms with Gasteiger partial charge in [0, 0.05) is 43.2 Å². The van der Waals surface area contributed by atoms with Gasteiger partial charge >= 0.3 is 0 Å². The largest absolute Gasteiger partial charge is 0.354 e. The maximum Gasteiger partial charge on any atom is 0.251 e. The van der Waals surface area contributed by atoms with Crippen molar-refractivity contribution in [2.24, 2.45) is 0 Å². The van der Waals surface area contributed by atoms with E-state index in [0.717, 1.165) is 27.0 Å². The lowest BCUT2D eigenvalue weighted by Gasteiger charge is -2.07. The third kappa shape index (κ3) is 4.69. The summed E-state index contributed by atoms with van der Waals surface area (Å²) in [6, 6.07) is 23.5. The molecule has 146 valence electrons. The second-order valence-electron chi connectivity index (χ2n) is 6.49. The Morgan fingerprint density at radius 1 is 1.00 bits per heavy atom. The predicted molar refractivity (Wildman–Crippen MR) is 126 cm³/mol. The average Bonchev–Trinajstić information content (AvgIpc) is 3.10. The van der Waals surface area contributed by atoms with E-state index < -0.39 is 0 Å². The van der Waals surface area contributed by atoms with Crippen molar-refractivity contribution in [2.75, 3.05) is 12.3 Å². The van der Waals surface area contributed by atoms with Gasteiger partial charge in [-0.25, -0.2) is 0 Å². The fraction of sp³-hybridized carbons (Fsp3) is 0.0870. The van der Waals surface area contributed by atoms with E-state index in [1.165, 1.54) is 10.3 Å². The zero-order chi connectivity index (χ0) is 20.2. The van der Waals surface area contributed by atoms with E-state index in [9.17, 15) is 4.79 Å². The van der Waals surface area contributed by atoms with Crippen molar-refractivity contribution in [1.82, 2.24) is 10.3 Å². The lowest BCUT2D eigenvalue weighted by Crippen LogP contribution is -2.25. The quantitative estimate of drug-likeness (QED) is 0.234. The van der Waals surface area contributed by atoms with E-state index in [1.54, 1.807) is 36.0 Å². The van der Waals surface area contributed by atoms with Gasteiger partial charge in [-0.05, 0) is 48.0 Å². The number of carbonyl (C=O) groups excluding carboxylic acids is 1. The summed E-state index contributed by atoms with van der Waals surface area (Å²) in [6.07, 6.45) is 0. The van der Waals surface area contributed by atoms with Gasteiger partial charge in [-0.2, -0.15) is 0 Å². The number of fused-ring (bicyclic) bond motifs is 1. The molecule has 0 saturated carbocycles. The number of benzene rings is 3. The number of hydrogen-bond acceptors (Lipinski definition) is 2. The molecule has 0 fully saturated rings. The lowest BCUT2D eigenvalue weighted by molar-refractivity contribution is 0.0956. The summed E-state index contributed by atoms with van der Waals surface area (Å²) in [4.78, 5) is 17.0. The van der Waals surface area contributed by atoms with E-state index in [1.807, 2.05) is 24.3 Å². The summed E-state index contributed by atoms with van der Waals surface area (Å²) < 4.78 is 1.05. The molecule has 1 amide bonds. The number of nitrogens with one attached hydrogen (secondary N) is 2. The number of halogens is 2. The standard InChI is InChI=1S/C23H18BrClN2OS/c24-17-9-5-15(6-10-17)21-22(19-3-1-2-4-20(19)27-21)29-14-13-26-23(28)16-7-11-18(25)12-8-16/h1-12,27H,13-14H2,(H,26,28). The number of aromatic nitrogens is 1. The first-order valence-corrected chi connectivity index (χ1v) is 11.3. The molecule has 1 heterocycles. The van der Waals surface area contributed by atoms with Gasteiger partial charge in [0.05, 0.1) is 5.69 Å². The van der Waals surface area contributed by atoms with Gasteiger partial charge < -0.3 is 10.3 Å². The van der Waals surface area contributed by atoms with Gasteiger partial charge in [0.25, 0.3) is 5.91 Å². The van der Waals surface area contributed by atoms with Crippen LogP contribution in [0.4, 0.5) is 0 Å². The van der Waals surface area contributed by atoms with E-state index in [0.29, 0.717) is 17.1 Å². The number of hydrogen-bond donors (Lipinski definition) is 2. The van der Waals surface area contributed by atoms with Crippen molar-refractivity contribution in [1.29, 1.82) is 0 Å². The number of para-hydroxylation sites is 1. The highest BCUT2D eigenvalue weighted by atomic mass is 79.9. The van der Waals surface area contributed by atoms with Crippen LogP contribution in [-0.2, 0) is 0 Å². The van der Waals surface area contributed by atoms with Crippen molar-refractivity contribution in [3.8, 4) is 11.3 Å². The first-order chi connectivity index (χ1) is 14.1. The molecule has 2 N–H and O–H groups in total. The monoisotopic (exact) mass is 484 g/mol. The number of H-pyrrole nitrogens is 1. The summed E-state index contributed by atoms with van der Waals surface area (Å²) in [7, 11) is 0. The Kier molecular flexibility index (Phi) is 6.28. The molecule has 0 unspecified atom stereocenters. The Balaban J connectivity index is 1.48. The van der Waals surface area contributed by atoms with Gasteiger partial charge in [-0.15, -0.1) is 11.8 Å². The molecular weight excluding hydrogens is 468 g/mol. The van der Waals surface area contributed by atoms with Crippen LogP contribution in [0, 0.1) is 0 Å². The van der Waals surface area contributed by atoms with Crippen LogP contribution in [0.2, 0.25) is 5.02 Å². The van der Waals surface area contributed by atoms with Gasteiger partial charge in [-0.1, -0.05) is 57.9 Å². The number of amides is 1.